The number of hydrogen-bond donors (Lipinski definition) is 0. The average molecular weight is 376 g/mol. The zero-order valence-electron chi connectivity index (χ0n) is 14.9. The predicted molar refractivity (Wildman–Crippen MR) is 105 cm³/mol. The van der Waals surface area contributed by atoms with Crippen molar-refractivity contribution in [3.8, 4) is 11.5 Å². The number of likely N-dealkylation sites (tertiary alicyclic amines) is 1. The second-order valence-corrected chi connectivity index (χ2v) is 6.30. The summed E-state index contributed by atoms with van der Waals surface area (Å²) >= 11 is 0. The molecule has 140 valence electrons. The van der Waals surface area contributed by atoms with Crippen LogP contribution >= 0.6 is 12.4 Å². The summed E-state index contributed by atoms with van der Waals surface area (Å²) in [6.07, 6.45) is 4.77. The van der Waals surface area contributed by atoms with E-state index in [4.69, 9.17) is 9.47 Å². The van der Waals surface area contributed by atoms with Crippen LogP contribution in [0.15, 0.2) is 54.6 Å². The standard InChI is InChI=1S/C21H25NO3.ClH/c23-21(24-17-9-16-22-14-7-2-8-15-22)19-12-5-6-13-20(19)25-18-10-3-1-4-11-18;/h1,3-6,10-13H,2,7-9,14-17H2;1H. The third kappa shape index (κ3) is 6.04. The van der Waals surface area contributed by atoms with Crippen molar-refractivity contribution in [1.82, 2.24) is 4.90 Å². The lowest BCUT2D eigenvalue weighted by atomic mass is 10.1. The molecule has 1 aliphatic rings. The van der Waals surface area contributed by atoms with Crippen molar-refractivity contribution in [2.45, 2.75) is 25.7 Å². The van der Waals surface area contributed by atoms with Crippen LogP contribution in [0.4, 0.5) is 0 Å². The molecule has 0 unspecified atom stereocenters. The first kappa shape index (κ1) is 20.3. The number of rotatable bonds is 7. The molecule has 2 aromatic rings. The van der Waals surface area contributed by atoms with E-state index in [-0.39, 0.29) is 18.4 Å². The largest absolute Gasteiger partial charge is 0.462 e. The molecule has 4 nitrogen and oxygen atoms in total. The minimum absolute atomic E-state index is 0. The second-order valence-electron chi connectivity index (χ2n) is 6.30. The van der Waals surface area contributed by atoms with E-state index in [1.54, 1.807) is 12.1 Å². The first-order chi connectivity index (χ1) is 12.3. The molecule has 1 aliphatic heterocycles. The van der Waals surface area contributed by atoms with Crippen molar-refractivity contribution in [2.24, 2.45) is 0 Å². The van der Waals surface area contributed by atoms with Crippen molar-refractivity contribution < 1.29 is 14.3 Å². The Bertz CT molecular complexity index is 672. The van der Waals surface area contributed by atoms with E-state index in [1.165, 1.54) is 32.4 Å². The van der Waals surface area contributed by atoms with Crippen LogP contribution in [-0.4, -0.2) is 37.1 Å². The fraction of sp³-hybridized carbons (Fsp3) is 0.381. The molecule has 0 bridgehead atoms. The van der Waals surface area contributed by atoms with E-state index in [2.05, 4.69) is 4.90 Å². The Morgan fingerprint density at radius 2 is 1.62 bits per heavy atom. The Hall–Kier alpha value is -2.04. The summed E-state index contributed by atoms with van der Waals surface area (Å²) in [4.78, 5) is 14.8. The molecule has 1 fully saturated rings. The molecule has 1 heterocycles. The Balaban J connectivity index is 0.00000243. The molecule has 0 saturated carbocycles. The lowest BCUT2D eigenvalue weighted by molar-refractivity contribution is 0.0482. The van der Waals surface area contributed by atoms with E-state index in [0.29, 0.717) is 23.7 Å². The second kappa shape index (κ2) is 10.8. The average Bonchev–Trinajstić information content (AvgIpc) is 2.67. The highest BCUT2D eigenvalue weighted by Gasteiger charge is 2.15. The van der Waals surface area contributed by atoms with Crippen molar-refractivity contribution in [3.05, 3.63) is 60.2 Å². The molecule has 26 heavy (non-hydrogen) atoms. The summed E-state index contributed by atoms with van der Waals surface area (Å²) in [6.45, 7) is 3.77. The Morgan fingerprint density at radius 3 is 2.38 bits per heavy atom. The van der Waals surface area contributed by atoms with Crippen molar-refractivity contribution in [3.63, 3.8) is 0 Å². The summed E-state index contributed by atoms with van der Waals surface area (Å²) in [6, 6.07) is 16.7. The monoisotopic (exact) mass is 375 g/mol. The molecule has 0 atom stereocenters. The van der Waals surface area contributed by atoms with Gasteiger partial charge in [-0.3, -0.25) is 0 Å². The zero-order valence-corrected chi connectivity index (χ0v) is 15.7. The Labute approximate surface area is 161 Å². The number of ether oxygens (including phenoxy) is 2. The molecule has 0 amide bonds. The van der Waals surface area contributed by atoms with Gasteiger partial charge in [0.2, 0.25) is 0 Å². The Kier molecular flexibility index (Phi) is 8.45. The van der Waals surface area contributed by atoms with Gasteiger partial charge in [0.1, 0.15) is 17.1 Å². The lowest BCUT2D eigenvalue weighted by Gasteiger charge is -2.26. The molecule has 0 radical (unpaired) electrons. The maximum Gasteiger partial charge on any atom is 0.341 e. The van der Waals surface area contributed by atoms with E-state index in [9.17, 15) is 4.79 Å². The van der Waals surface area contributed by atoms with Crippen LogP contribution in [0.5, 0.6) is 11.5 Å². The maximum absolute atomic E-state index is 12.4. The number of hydrogen-bond acceptors (Lipinski definition) is 4. The molecule has 5 heteroatoms. The number of benzene rings is 2. The number of piperidine rings is 1. The van der Waals surface area contributed by atoms with Crippen LogP contribution in [-0.2, 0) is 4.74 Å². The highest BCUT2D eigenvalue weighted by Crippen LogP contribution is 2.25. The molecule has 1 saturated heterocycles. The highest BCUT2D eigenvalue weighted by atomic mass is 35.5. The number of nitrogens with zero attached hydrogens (tertiary/aromatic N) is 1. The number of carbonyl (C=O) groups excluding carboxylic acids is 1. The van der Waals surface area contributed by atoms with Gasteiger partial charge < -0.3 is 14.4 Å². The first-order valence-electron chi connectivity index (χ1n) is 9.04. The van der Waals surface area contributed by atoms with Gasteiger partial charge >= 0.3 is 5.97 Å². The number of esters is 1. The predicted octanol–water partition coefficient (Wildman–Crippen LogP) is 4.93. The molecule has 3 rings (SSSR count). The van der Waals surface area contributed by atoms with Crippen molar-refractivity contribution in [2.75, 3.05) is 26.2 Å². The fourth-order valence-electron chi connectivity index (χ4n) is 3.05. The van der Waals surface area contributed by atoms with Gasteiger partial charge in [0, 0.05) is 6.54 Å². The SMILES string of the molecule is Cl.O=C(OCCCN1CCCCC1)c1ccccc1Oc1ccccc1. The summed E-state index contributed by atoms with van der Waals surface area (Å²) in [5.74, 6) is 0.896. The topological polar surface area (TPSA) is 38.8 Å². The lowest BCUT2D eigenvalue weighted by Crippen LogP contribution is -2.31. The summed E-state index contributed by atoms with van der Waals surface area (Å²) in [5, 5.41) is 0. The molecule has 0 aromatic heterocycles. The molecule has 2 aromatic carbocycles. The minimum Gasteiger partial charge on any atom is -0.462 e. The molecular formula is C21H26ClNO3. The number of carbonyl (C=O) groups is 1. The highest BCUT2D eigenvalue weighted by molar-refractivity contribution is 5.92. The third-order valence-electron chi connectivity index (χ3n) is 4.38. The third-order valence-corrected chi connectivity index (χ3v) is 4.38. The molecule has 0 spiro atoms. The van der Waals surface area contributed by atoms with E-state index in [1.807, 2.05) is 42.5 Å². The molecular weight excluding hydrogens is 350 g/mol. The zero-order chi connectivity index (χ0) is 17.3. The number of para-hydroxylation sites is 2. The van der Waals surface area contributed by atoms with Crippen LogP contribution in [0.3, 0.4) is 0 Å². The first-order valence-corrected chi connectivity index (χ1v) is 9.04. The van der Waals surface area contributed by atoms with E-state index in [0.717, 1.165) is 13.0 Å². The summed E-state index contributed by atoms with van der Waals surface area (Å²) in [5.41, 5.74) is 0.462. The van der Waals surface area contributed by atoms with Gasteiger partial charge in [-0.25, -0.2) is 4.79 Å². The van der Waals surface area contributed by atoms with Crippen LogP contribution in [0, 0.1) is 0 Å². The van der Waals surface area contributed by atoms with Gasteiger partial charge in [0.05, 0.1) is 6.61 Å². The maximum atomic E-state index is 12.4. The smallest absolute Gasteiger partial charge is 0.341 e. The van der Waals surface area contributed by atoms with Gasteiger partial charge in [0.25, 0.3) is 0 Å². The van der Waals surface area contributed by atoms with Gasteiger partial charge in [-0.05, 0) is 56.6 Å². The fourth-order valence-corrected chi connectivity index (χ4v) is 3.05. The van der Waals surface area contributed by atoms with Gasteiger partial charge in [-0.1, -0.05) is 36.8 Å². The Morgan fingerprint density at radius 1 is 0.923 bits per heavy atom. The van der Waals surface area contributed by atoms with E-state index >= 15 is 0 Å². The van der Waals surface area contributed by atoms with Crippen LogP contribution in [0.1, 0.15) is 36.0 Å². The van der Waals surface area contributed by atoms with Crippen LogP contribution in [0.2, 0.25) is 0 Å². The van der Waals surface area contributed by atoms with Gasteiger partial charge in [0.15, 0.2) is 0 Å². The number of halogens is 1. The quantitative estimate of drug-likeness (QED) is 0.508. The molecule has 0 N–H and O–H groups in total. The van der Waals surface area contributed by atoms with E-state index < -0.39 is 0 Å². The van der Waals surface area contributed by atoms with Crippen molar-refractivity contribution in [1.29, 1.82) is 0 Å². The van der Waals surface area contributed by atoms with Gasteiger partial charge in [-0.15, -0.1) is 12.4 Å². The van der Waals surface area contributed by atoms with Gasteiger partial charge in [-0.2, -0.15) is 0 Å². The summed E-state index contributed by atoms with van der Waals surface area (Å²) in [7, 11) is 0. The molecule has 0 aliphatic carbocycles. The van der Waals surface area contributed by atoms with Crippen LogP contribution < -0.4 is 4.74 Å². The van der Waals surface area contributed by atoms with Crippen LogP contribution in [0.25, 0.3) is 0 Å². The summed E-state index contributed by atoms with van der Waals surface area (Å²) < 4.78 is 11.3. The minimum atomic E-state index is -0.329. The normalized spacial score (nSPS) is 14.3. The van der Waals surface area contributed by atoms with Crippen molar-refractivity contribution >= 4 is 18.4 Å².